The van der Waals surface area contributed by atoms with Gasteiger partial charge >= 0.3 is 0 Å². The molecular weight excluding hydrogens is 256 g/mol. The van der Waals surface area contributed by atoms with E-state index in [9.17, 15) is 14.7 Å². The topological polar surface area (TPSA) is 79.7 Å². The molecule has 0 amide bonds. The molecule has 94 valence electrons. The predicted octanol–water partition coefficient (Wildman–Crippen LogP) is 0.644. The lowest BCUT2D eigenvalue weighted by Gasteiger charge is -2.25. The summed E-state index contributed by atoms with van der Waals surface area (Å²) in [5.41, 5.74) is 0.214. The number of anilines is 1. The molecule has 1 aliphatic carbocycles. The summed E-state index contributed by atoms with van der Waals surface area (Å²) in [7, 11) is 0. The van der Waals surface area contributed by atoms with Gasteiger partial charge in [0.1, 0.15) is 16.3 Å². The molecule has 2 heterocycles. The number of allylic oxidation sites excluding steroid dienone is 1. The highest BCUT2D eigenvalue weighted by Crippen LogP contribution is 2.33. The molecule has 1 aromatic rings. The first-order valence-electron chi connectivity index (χ1n) is 5.50. The Bertz CT molecular complexity index is 557. The van der Waals surface area contributed by atoms with Crippen LogP contribution in [0.2, 0.25) is 0 Å². The largest absolute Gasteiger partial charge is 0.505 e. The van der Waals surface area contributed by atoms with Crippen LogP contribution in [0, 0.1) is 0 Å². The Hall–Kier alpha value is -1.73. The van der Waals surface area contributed by atoms with Gasteiger partial charge in [-0.05, 0) is 0 Å². The van der Waals surface area contributed by atoms with E-state index in [0.717, 1.165) is 17.4 Å². The Morgan fingerprint density at radius 3 is 2.78 bits per heavy atom. The Balaban J connectivity index is 1.99. The van der Waals surface area contributed by atoms with E-state index in [1.165, 1.54) is 0 Å². The monoisotopic (exact) mass is 266 g/mol. The number of aliphatic hydroxyl groups excluding tert-OH is 1. The summed E-state index contributed by atoms with van der Waals surface area (Å²) in [6.45, 7) is 2.61. The van der Waals surface area contributed by atoms with Crippen LogP contribution in [0.5, 0.6) is 0 Å². The number of carbonyl (C=O) groups excluding carboxylic acids is 2. The number of carbonyl (C=O) groups is 2. The molecule has 1 aromatic heterocycles. The van der Waals surface area contributed by atoms with Crippen LogP contribution in [0.25, 0.3) is 5.76 Å². The van der Waals surface area contributed by atoms with E-state index >= 15 is 0 Å². The van der Waals surface area contributed by atoms with Crippen molar-refractivity contribution >= 4 is 33.8 Å². The van der Waals surface area contributed by atoms with Gasteiger partial charge in [-0.25, -0.2) is 4.98 Å². The van der Waals surface area contributed by atoms with Gasteiger partial charge in [-0.3, -0.25) is 9.59 Å². The zero-order valence-corrected chi connectivity index (χ0v) is 10.2. The number of hydrogen-bond acceptors (Lipinski definition) is 7. The number of Topliss-reactive ketones (excluding diaryl/α,β-unsaturated/α-hetero) is 1. The molecule has 0 unspecified atom stereocenters. The maximum Gasteiger partial charge on any atom is 0.245 e. The summed E-state index contributed by atoms with van der Waals surface area (Å²) >= 11 is 1.15. The molecule has 3 rings (SSSR count). The Morgan fingerprint density at radius 1 is 1.33 bits per heavy atom. The van der Waals surface area contributed by atoms with E-state index < -0.39 is 11.6 Å². The minimum Gasteiger partial charge on any atom is -0.505 e. The summed E-state index contributed by atoms with van der Waals surface area (Å²) in [6.07, 6.45) is 0.924. The van der Waals surface area contributed by atoms with E-state index in [1.807, 2.05) is 4.90 Å². The van der Waals surface area contributed by atoms with Crippen molar-refractivity contribution in [1.29, 1.82) is 0 Å². The third-order valence-corrected chi connectivity index (χ3v) is 3.95. The number of hydrogen-bond donors (Lipinski definition) is 1. The minimum atomic E-state index is -0.697. The summed E-state index contributed by atoms with van der Waals surface area (Å²) in [6, 6.07) is 0. The van der Waals surface area contributed by atoms with Crippen LogP contribution in [0.4, 0.5) is 5.13 Å². The molecule has 0 aromatic carbocycles. The molecule has 2 aliphatic rings. The molecule has 0 bridgehead atoms. The van der Waals surface area contributed by atoms with Crippen molar-refractivity contribution in [2.75, 3.05) is 31.2 Å². The molecule has 1 saturated heterocycles. The van der Waals surface area contributed by atoms with Crippen molar-refractivity contribution in [2.45, 2.75) is 0 Å². The van der Waals surface area contributed by atoms with E-state index in [-0.39, 0.29) is 16.3 Å². The Morgan fingerprint density at radius 2 is 2.06 bits per heavy atom. The molecule has 1 fully saturated rings. The lowest BCUT2D eigenvalue weighted by atomic mass is 10.1. The quantitative estimate of drug-likeness (QED) is 0.752. The fourth-order valence-electron chi connectivity index (χ4n) is 1.90. The zero-order valence-electron chi connectivity index (χ0n) is 9.38. The zero-order chi connectivity index (χ0) is 12.7. The molecule has 6 nitrogen and oxygen atoms in total. The van der Waals surface area contributed by atoms with Gasteiger partial charge < -0.3 is 14.7 Å². The third-order valence-electron chi connectivity index (χ3n) is 2.84. The SMILES string of the molecule is O=C1C=C(O)c2nc(N3CCOCC3)sc2C1=O. The first kappa shape index (κ1) is 11.4. The molecule has 18 heavy (non-hydrogen) atoms. The highest BCUT2D eigenvalue weighted by atomic mass is 32.1. The minimum absolute atomic E-state index is 0.214. The highest BCUT2D eigenvalue weighted by Gasteiger charge is 2.31. The summed E-state index contributed by atoms with van der Waals surface area (Å²) in [5, 5.41) is 10.3. The first-order valence-corrected chi connectivity index (χ1v) is 6.31. The van der Waals surface area contributed by atoms with Crippen LogP contribution in [-0.4, -0.2) is 48.0 Å². The number of rotatable bonds is 1. The van der Waals surface area contributed by atoms with Gasteiger partial charge in [-0.15, -0.1) is 0 Å². The van der Waals surface area contributed by atoms with Gasteiger partial charge in [0.2, 0.25) is 11.6 Å². The molecular formula is C11H10N2O4S. The number of morpholine rings is 1. The lowest BCUT2D eigenvalue weighted by molar-refractivity contribution is -0.111. The van der Waals surface area contributed by atoms with Gasteiger partial charge in [0.25, 0.3) is 0 Å². The standard InChI is InChI=1S/C11H10N2O4S/c14-6-5-7(15)9(16)10-8(6)12-11(18-10)13-1-3-17-4-2-13/h5,14H,1-4H2. The highest BCUT2D eigenvalue weighted by molar-refractivity contribution is 7.18. The molecule has 7 heteroatoms. The maximum atomic E-state index is 11.7. The fourth-order valence-corrected chi connectivity index (χ4v) is 2.97. The summed E-state index contributed by atoms with van der Waals surface area (Å²) in [4.78, 5) is 29.4. The van der Waals surface area contributed by atoms with Gasteiger partial charge in [-0.2, -0.15) is 0 Å². The van der Waals surface area contributed by atoms with Crippen molar-refractivity contribution < 1.29 is 19.4 Å². The van der Waals surface area contributed by atoms with Crippen molar-refractivity contribution in [1.82, 2.24) is 4.98 Å². The third kappa shape index (κ3) is 1.72. The van der Waals surface area contributed by atoms with Crippen molar-refractivity contribution in [3.63, 3.8) is 0 Å². The van der Waals surface area contributed by atoms with Crippen LogP contribution in [0.15, 0.2) is 6.08 Å². The van der Waals surface area contributed by atoms with Crippen LogP contribution in [-0.2, 0) is 9.53 Å². The molecule has 0 spiro atoms. The smallest absolute Gasteiger partial charge is 0.245 e. The number of nitrogens with zero attached hydrogens (tertiary/aromatic N) is 2. The summed E-state index contributed by atoms with van der Waals surface area (Å²) in [5.74, 6) is -1.53. The molecule has 1 N–H and O–H groups in total. The Labute approximate surface area is 107 Å². The number of ketones is 2. The van der Waals surface area contributed by atoms with Crippen molar-refractivity contribution in [3.8, 4) is 0 Å². The van der Waals surface area contributed by atoms with E-state index in [0.29, 0.717) is 31.4 Å². The molecule has 0 radical (unpaired) electrons. The number of aliphatic hydroxyl groups is 1. The average molecular weight is 266 g/mol. The number of aromatic nitrogens is 1. The lowest BCUT2D eigenvalue weighted by Crippen LogP contribution is -2.36. The number of ether oxygens (including phenoxy) is 1. The number of thiazole rings is 1. The second kappa shape index (κ2) is 4.18. The molecule has 1 aliphatic heterocycles. The Kier molecular flexibility index (Phi) is 2.64. The van der Waals surface area contributed by atoms with Gasteiger partial charge in [0.15, 0.2) is 5.13 Å². The van der Waals surface area contributed by atoms with Gasteiger partial charge in [0, 0.05) is 19.2 Å². The van der Waals surface area contributed by atoms with E-state index in [1.54, 1.807) is 0 Å². The van der Waals surface area contributed by atoms with Crippen LogP contribution < -0.4 is 4.90 Å². The summed E-state index contributed by atoms with van der Waals surface area (Å²) < 4.78 is 5.24. The van der Waals surface area contributed by atoms with Crippen molar-refractivity contribution in [3.05, 3.63) is 16.6 Å². The predicted molar refractivity (Wildman–Crippen MR) is 65.1 cm³/mol. The molecule has 0 atom stereocenters. The second-order valence-electron chi connectivity index (χ2n) is 4.00. The van der Waals surface area contributed by atoms with Gasteiger partial charge in [-0.1, -0.05) is 11.3 Å². The number of fused-ring (bicyclic) bond motifs is 1. The normalized spacial score (nSPS) is 19.8. The average Bonchev–Trinajstić information content (AvgIpc) is 2.83. The first-order chi connectivity index (χ1) is 8.66. The maximum absolute atomic E-state index is 11.7. The second-order valence-corrected chi connectivity index (χ2v) is 4.97. The van der Waals surface area contributed by atoms with Crippen LogP contribution in [0.1, 0.15) is 15.4 Å². The van der Waals surface area contributed by atoms with Crippen LogP contribution >= 0.6 is 11.3 Å². The fraction of sp³-hybridized carbons (Fsp3) is 0.364. The van der Waals surface area contributed by atoms with Crippen molar-refractivity contribution in [2.24, 2.45) is 0 Å². The van der Waals surface area contributed by atoms with E-state index in [4.69, 9.17) is 4.74 Å². The van der Waals surface area contributed by atoms with Crippen LogP contribution in [0.3, 0.4) is 0 Å². The van der Waals surface area contributed by atoms with Gasteiger partial charge in [0.05, 0.1) is 13.2 Å². The van der Waals surface area contributed by atoms with E-state index in [2.05, 4.69) is 4.98 Å². The molecule has 0 saturated carbocycles.